The van der Waals surface area contributed by atoms with Crippen LogP contribution in [0.25, 0.3) is 0 Å². The van der Waals surface area contributed by atoms with E-state index in [2.05, 4.69) is 31.0 Å². The number of hydrogen-bond donors (Lipinski definition) is 3. The highest BCUT2D eigenvalue weighted by molar-refractivity contribution is 5.66. The van der Waals surface area contributed by atoms with Crippen LogP contribution >= 0.6 is 0 Å². The largest absolute Gasteiger partial charge is 0.438 e. The summed E-state index contributed by atoms with van der Waals surface area (Å²) in [6, 6.07) is 0. The van der Waals surface area contributed by atoms with Gasteiger partial charge in [0.2, 0.25) is 18.1 Å². The van der Waals surface area contributed by atoms with Gasteiger partial charge in [-0.05, 0) is 20.9 Å². The van der Waals surface area contributed by atoms with E-state index >= 15 is 0 Å². The molecule has 3 atom stereocenters. The van der Waals surface area contributed by atoms with Crippen molar-refractivity contribution in [1.29, 1.82) is 0 Å². The molecule has 10 nitrogen and oxygen atoms in total. The molecule has 0 aliphatic heterocycles. The van der Waals surface area contributed by atoms with Gasteiger partial charge >= 0.3 is 6.09 Å². The van der Waals surface area contributed by atoms with Gasteiger partial charge in [0, 0.05) is 7.05 Å². The van der Waals surface area contributed by atoms with E-state index in [1.807, 2.05) is 0 Å². The predicted molar refractivity (Wildman–Crippen MR) is 66.1 cm³/mol. The van der Waals surface area contributed by atoms with Crippen molar-refractivity contribution in [2.45, 2.75) is 32.5 Å². The van der Waals surface area contributed by atoms with Crippen molar-refractivity contribution in [2.75, 3.05) is 14.1 Å². The van der Waals surface area contributed by atoms with Gasteiger partial charge in [-0.3, -0.25) is 5.32 Å². The molecule has 0 saturated carbocycles. The van der Waals surface area contributed by atoms with E-state index in [-0.39, 0.29) is 11.6 Å². The maximum atomic E-state index is 11.0. The van der Waals surface area contributed by atoms with Crippen LogP contribution in [0.3, 0.4) is 0 Å². The Labute approximate surface area is 115 Å². The molecule has 10 heteroatoms. The summed E-state index contributed by atoms with van der Waals surface area (Å²) in [4.78, 5) is 11.0. The van der Waals surface area contributed by atoms with E-state index < -0.39 is 24.7 Å². The van der Waals surface area contributed by atoms with Crippen LogP contribution < -0.4 is 10.6 Å². The summed E-state index contributed by atoms with van der Waals surface area (Å²) in [7, 11) is 2.98. The average Bonchev–Trinajstić information content (AvgIpc) is 2.46. The fourth-order valence-corrected chi connectivity index (χ4v) is 1.16. The standard InChI is InChI=1S/C10H18N6O4/c1-5(19-9(17)11-3)7-13-15-8(16-14-7)6(2)20-10(18)12-4/h5-6,9,11,17H,1-4H3,(H,12,18). The Bertz CT molecular complexity index is 428. The molecule has 0 aliphatic rings. The van der Waals surface area contributed by atoms with Gasteiger partial charge in [0.15, 0.2) is 6.10 Å². The lowest BCUT2D eigenvalue weighted by atomic mass is 10.4. The van der Waals surface area contributed by atoms with Crippen LogP contribution in [-0.2, 0) is 9.47 Å². The SMILES string of the molecule is CNC(=O)OC(C)c1nnc(C(C)OC(O)NC)nn1. The van der Waals surface area contributed by atoms with Crippen LogP contribution in [0, 0.1) is 0 Å². The van der Waals surface area contributed by atoms with E-state index in [1.54, 1.807) is 13.8 Å². The Hall–Kier alpha value is -1.91. The first-order valence-corrected chi connectivity index (χ1v) is 5.94. The lowest BCUT2D eigenvalue weighted by molar-refractivity contribution is -0.149. The highest BCUT2D eigenvalue weighted by Crippen LogP contribution is 2.13. The van der Waals surface area contributed by atoms with Crippen molar-refractivity contribution in [3.8, 4) is 0 Å². The van der Waals surface area contributed by atoms with Gasteiger partial charge in [-0.25, -0.2) is 4.79 Å². The molecular weight excluding hydrogens is 268 g/mol. The number of alkyl carbamates (subject to hydrolysis) is 1. The first-order chi connectivity index (χ1) is 9.47. The summed E-state index contributed by atoms with van der Waals surface area (Å²) in [5.74, 6) is 0.369. The summed E-state index contributed by atoms with van der Waals surface area (Å²) in [5, 5.41) is 29.3. The van der Waals surface area contributed by atoms with Crippen LogP contribution in [0.5, 0.6) is 0 Å². The summed E-state index contributed by atoms with van der Waals surface area (Å²) < 4.78 is 10.0. The van der Waals surface area contributed by atoms with Gasteiger partial charge < -0.3 is 19.9 Å². The van der Waals surface area contributed by atoms with Crippen molar-refractivity contribution in [3.63, 3.8) is 0 Å². The fraction of sp³-hybridized carbons (Fsp3) is 0.700. The van der Waals surface area contributed by atoms with E-state index in [9.17, 15) is 9.90 Å². The van der Waals surface area contributed by atoms with E-state index in [1.165, 1.54) is 14.1 Å². The summed E-state index contributed by atoms with van der Waals surface area (Å²) in [6.07, 6.45) is -3.01. The molecule has 0 bridgehead atoms. The molecule has 0 aromatic carbocycles. The monoisotopic (exact) mass is 286 g/mol. The second kappa shape index (κ2) is 7.62. The zero-order valence-electron chi connectivity index (χ0n) is 11.7. The number of aromatic nitrogens is 4. The van der Waals surface area contributed by atoms with Crippen LogP contribution in [0.1, 0.15) is 37.7 Å². The van der Waals surface area contributed by atoms with Gasteiger partial charge in [0.1, 0.15) is 6.10 Å². The number of aliphatic hydroxyl groups excluding tert-OH is 1. The minimum atomic E-state index is -1.14. The molecule has 1 heterocycles. The second-order valence-corrected chi connectivity index (χ2v) is 3.83. The van der Waals surface area contributed by atoms with Gasteiger partial charge in [-0.2, -0.15) is 0 Å². The molecule has 1 aromatic rings. The second-order valence-electron chi connectivity index (χ2n) is 3.83. The van der Waals surface area contributed by atoms with Gasteiger partial charge in [-0.15, -0.1) is 20.4 Å². The molecule has 1 aromatic heterocycles. The lowest BCUT2D eigenvalue weighted by Gasteiger charge is -2.15. The maximum absolute atomic E-state index is 11.0. The number of nitrogens with zero attached hydrogens (tertiary/aromatic N) is 4. The molecule has 3 N–H and O–H groups in total. The minimum Gasteiger partial charge on any atom is -0.438 e. The quantitative estimate of drug-likeness (QED) is 0.578. The first kappa shape index (κ1) is 16.1. The van der Waals surface area contributed by atoms with E-state index in [0.29, 0.717) is 0 Å². The Morgan fingerprint density at radius 1 is 1.10 bits per heavy atom. The number of hydrogen-bond acceptors (Lipinski definition) is 9. The van der Waals surface area contributed by atoms with Crippen LogP contribution in [0.15, 0.2) is 0 Å². The molecule has 112 valence electrons. The summed E-state index contributed by atoms with van der Waals surface area (Å²) >= 11 is 0. The molecule has 0 radical (unpaired) electrons. The number of ether oxygens (including phenoxy) is 2. The minimum absolute atomic E-state index is 0.165. The number of rotatable bonds is 6. The predicted octanol–water partition coefficient (Wildman–Crippen LogP) is -0.744. The first-order valence-electron chi connectivity index (χ1n) is 5.94. The molecule has 0 spiro atoms. The third-order valence-electron chi connectivity index (χ3n) is 2.30. The van der Waals surface area contributed by atoms with Gasteiger partial charge in [-0.1, -0.05) is 0 Å². The molecule has 20 heavy (non-hydrogen) atoms. The summed E-state index contributed by atoms with van der Waals surface area (Å²) in [5.41, 5.74) is 0. The number of nitrogens with one attached hydrogen (secondary N) is 2. The van der Waals surface area contributed by atoms with Gasteiger partial charge in [0.25, 0.3) is 0 Å². The van der Waals surface area contributed by atoms with Crippen LogP contribution in [0.4, 0.5) is 4.79 Å². The Balaban J connectivity index is 2.66. The zero-order chi connectivity index (χ0) is 15.1. The topological polar surface area (TPSA) is 131 Å². The smallest absolute Gasteiger partial charge is 0.407 e. The Morgan fingerprint density at radius 3 is 2.05 bits per heavy atom. The number of carbonyl (C=O) groups excluding carboxylic acids is 1. The molecule has 1 amide bonds. The molecular formula is C10H18N6O4. The van der Waals surface area contributed by atoms with Crippen molar-refractivity contribution in [3.05, 3.63) is 11.6 Å². The summed E-state index contributed by atoms with van der Waals surface area (Å²) in [6.45, 7) is 3.24. The van der Waals surface area contributed by atoms with E-state index in [0.717, 1.165) is 0 Å². The average molecular weight is 286 g/mol. The maximum Gasteiger partial charge on any atom is 0.407 e. The van der Waals surface area contributed by atoms with E-state index in [4.69, 9.17) is 9.47 Å². The zero-order valence-corrected chi connectivity index (χ0v) is 11.7. The lowest BCUT2D eigenvalue weighted by Crippen LogP contribution is -2.29. The third-order valence-corrected chi connectivity index (χ3v) is 2.30. The Morgan fingerprint density at radius 2 is 1.60 bits per heavy atom. The van der Waals surface area contributed by atoms with Crippen LogP contribution in [0.2, 0.25) is 0 Å². The molecule has 0 aliphatic carbocycles. The number of aliphatic hydroxyl groups is 1. The highest BCUT2D eigenvalue weighted by atomic mass is 16.6. The molecule has 0 saturated heterocycles. The van der Waals surface area contributed by atoms with Crippen molar-refractivity contribution < 1.29 is 19.4 Å². The van der Waals surface area contributed by atoms with Crippen molar-refractivity contribution >= 4 is 6.09 Å². The Kier molecular flexibility index (Phi) is 6.15. The van der Waals surface area contributed by atoms with Crippen molar-refractivity contribution in [2.24, 2.45) is 0 Å². The highest BCUT2D eigenvalue weighted by Gasteiger charge is 2.18. The molecule has 1 rings (SSSR count). The van der Waals surface area contributed by atoms with Gasteiger partial charge in [0.05, 0.1) is 0 Å². The van der Waals surface area contributed by atoms with Crippen molar-refractivity contribution in [1.82, 2.24) is 31.0 Å². The number of carbonyl (C=O) groups is 1. The normalized spacial score (nSPS) is 15.2. The third kappa shape index (κ3) is 4.64. The molecule has 0 fully saturated rings. The number of amides is 1. The fourth-order valence-electron chi connectivity index (χ4n) is 1.16. The van der Waals surface area contributed by atoms with Crippen LogP contribution in [-0.4, -0.2) is 52.1 Å². The molecule has 3 unspecified atom stereocenters.